The molecule has 1 fully saturated rings. The van der Waals surface area contributed by atoms with Crippen LogP contribution >= 0.6 is 0 Å². The van der Waals surface area contributed by atoms with Gasteiger partial charge in [-0.05, 0) is 43.9 Å². The molecule has 0 spiro atoms. The van der Waals surface area contributed by atoms with Gasteiger partial charge in [0.05, 0.1) is 23.2 Å². The van der Waals surface area contributed by atoms with Crippen molar-refractivity contribution in [2.24, 2.45) is 0 Å². The molecule has 3 rings (SSSR count). The normalized spacial score (nSPS) is 17.9. The Morgan fingerprint density at radius 2 is 2.22 bits per heavy atom. The number of hydrogen-bond acceptors (Lipinski definition) is 3. The lowest BCUT2D eigenvalue weighted by atomic mass is 9.80. The van der Waals surface area contributed by atoms with Crippen LogP contribution in [-0.4, -0.2) is 22.3 Å². The summed E-state index contributed by atoms with van der Waals surface area (Å²) in [6.07, 6.45) is 3.45. The van der Waals surface area contributed by atoms with Crippen LogP contribution in [0.25, 0.3) is 11.0 Å². The van der Waals surface area contributed by atoms with Crippen molar-refractivity contribution < 1.29 is 4.74 Å². The maximum absolute atomic E-state index is 6.04. The quantitative estimate of drug-likeness (QED) is 0.904. The second kappa shape index (κ2) is 3.99. The number of imidazole rings is 1. The van der Waals surface area contributed by atoms with Crippen molar-refractivity contribution in [1.82, 2.24) is 9.55 Å². The molecule has 0 amide bonds. The van der Waals surface area contributed by atoms with Crippen LogP contribution in [0.3, 0.4) is 0 Å². The van der Waals surface area contributed by atoms with E-state index in [2.05, 4.69) is 28.6 Å². The van der Waals surface area contributed by atoms with E-state index in [9.17, 15) is 0 Å². The summed E-state index contributed by atoms with van der Waals surface area (Å²) >= 11 is 0. The van der Waals surface area contributed by atoms with Gasteiger partial charge in [0.25, 0.3) is 0 Å². The van der Waals surface area contributed by atoms with E-state index in [0.29, 0.717) is 5.95 Å². The van der Waals surface area contributed by atoms with E-state index < -0.39 is 0 Å². The average molecular weight is 245 g/mol. The third-order valence-electron chi connectivity index (χ3n) is 4.08. The summed E-state index contributed by atoms with van der Waals surface area (Å²) < 4.78 is 7.77. The van der Waals surface area contributed by atoms with E-state index in [1.54, 1.807) is 7.11 Å². The van der Waals surface area contributed by atoms with Gasteiger partial charge in [0.2, 0.25) is 5.95 Å². The highest BCUT2D eigenvalue weighted by molar-refractivity contribution is 5.79. The molecular formula is C14H19N3O. The van der Waals surface area contributed by atoms with Gasteiger partial charge in [-0.15, -0.1) is 0 Å². The summed E-state index contributed by atoms with van der Waals surface area (Å²) in [5.41, 5.74) is 9.30. The van der Waals surface area contributed by atoms with Crippen LogP contribution in [0.4, 0.5) is 5.95 Å². The molecule has 1 aromatic heterocycles. The molecule has 0 atom stereocenters. The minimum Gasteiger partial charge on any atom is -0.376 e. The highest BCUT2D eigenvalue weighted by atomic mass is 16.5. The van der Waals surface area contributed by atoms with Gasteiger partial charge in [0, 0.05) is 7.11 Å². The molecule has 1 heterocycles. The molecule has 1 aromatic carbocycles. The minimum absolute atomic E-state index is 0.0362. The Kier molecular flexibility index (Phi) is 2.55. The summed E-state index contributed by atoms with van der Waals surface area (Å²) in [5, 5.41) is 0. The van der Waals surface area contributed by atoms with Crippen molar-refractivity contribution in [1.29, 1.82) is 0 Å². The molecule has 0 saturated heterocycles. The number of nitrogens with zero attached hydrogens (tertiary/aromatic N) is 2. The lowest BCUT2D eigenvalue weighted by Gasteiger charge is -2.40. The van der Waals surface area contributed by atoms with Crippen molar-refractivity contribution in [3.05, 3.63) is 23.8 Å². The van der Waals surface area contributed by atoms with Crippen LogP contribution in [0.2, 0.25) is 0 Å². The minimum atomic E-state index is -0.0362. The fourth-order valence-electron chi connectivity index (χ4n) is 2.70. The summed E-state index contributed by atoms with van der Waals surface area (Å²) in [5.74, 6) is 0.582. The number of nitrogen functional groups attached to an aromatic ring is 1. The zero-order chi connectivity index (χ0) is 12.8. The average Bonchev–Trinajstić information content (AvgIpc) is 2.60. The van der Waals surface area contributed by atoms with Crippen molar-refractivity contribution in [2.75, 3.05) is 12.8 Å². The molecule has 1 aliphatic carbocycles. The first-order chi connectivity index (χ1) is 8.63. The Morgan fingerprint density at radius 3 is 2.83 bits per heavy atom. The Labute approximate surface area is 107 Å². The predicted octanol–water partition coefficient (Wildman–Crippen LogP) is 2.50. The predicted molar refractivity (Wildman–Crippen MR) is 72.5 cm³/mol. The number of benzene rings is 1. The molecule has 0 unspecified atom stereocenters. The number of hydrogen-bond donors (Lipinski definition) is 1. The lowest BCUT2D eigenvalue weighted by molar-refractivity contribution is -0.0824. The third kappa shape index (κ3) is 1.68. The molecule has 1 saturated carbocycles. The number of rotatable bonds is 3. The number of ether oxygens (including phenoxy) is 1. The van der Waals surface area contributed by atoms with Crippen molar-refractivity contribution >= 4 is 17.0 Å². The summed E-state index contributed by atoms with van der Waals surface area (Å²) in [4.78, 5) is 4.42. The molecule has 4 nitrogen and oxygen atoms in total. The largest absolute Gasteiger partial charge is 0.376 e. The first-order valence-corrected chi connectivity index (χ1v) is 6.41. The van der Waals surface area contributed by atoms with Gasteiger partial charge in [-0.3, -0.25) is 0 Å². The second-order valence-electron chi connectivity index (χ2n) is 5.29. The molecule has 0 radical (unpaired) electrons. The van der Waals surface area contributed by atoms with Gasteiger partial charge < -0.3 is 15.0 Å². The van der Waals surface area contributed by atoms with Crippen molar-refractivity contribution in [2.45, 2.75) is 38.3 Å². The maximum Gasteiger partial charge on any atom is 0.201 e. The van der Waals surface area contributed by atoms with Crippen LogP contribution in [0, 0.1) is 6.92 Å². The number of fused-ring (bicyclic) bond motifs is 1. The smallest absolute Gasteiger partial charge is 0.201 e. The van der Waals surface area contributed by atoms with Crippen LogP contribution in [0.5, 0.6) is 0 Å². The van der Waals surface area contributed by atoms with E-state index in [1.807, 2.05) is 6.07 Å². The van der Waals surface area contributed by atoms with Gasteiger partial charge in [0.15, 0.2) is 0 Å². The van der Waals surface area contributed by atoms with E-state index in [4.69, 9.17) is 10.5 Å². The highest BCUT2D eigenvalue weighted by Gasteiger charge is 2.38. The number of nitrogens with two attached hydrogens (primary N) is 1. The first-order valence-electron chi connectivity index (χ1n) is 6.41. The van der Waals surface area contributed by atoms with Crippen LogP contribution in [0.1, 0.15) is 24.8 Å². The fraction of sp³-hybridized carbons (Fsp3) is 0.500. The van der Waals surface area contributed by atoms with Gasteiger partial charge >= 0.3 is 0 Å². The first kappa shape index (κ1) is 11.5. The number of methoxy groups -OCH3 is 1. The summed E-state index contributed by atoms with van der Waals surface area (Å²) in [6.45, 7) is 2.89. The van der Waals surface area contributed by atoms with Gasteiger partial charge in [-0.2, -0.15) is 0 Å². The van der Waals surface area contributed by atoms with Crippen molar-refractivity contribution in [3.63, 3.8) is 0 Å². The molecular weight excluding hydrogens is 226 g/mol. The van der Waals surface area contributed by atoms with Gasteiger partial charge in [-0.1, -0.05) is 6.07 Å². The Bertz CT molecular complexity index is 578. The molecule has 4 heteroatoms. The van der Waals surface area contributed by atoms with Gasteiger partial charge in [-0.25, -0.2) is 4.98 Å². The molecule has 96 valence electrons. The molecule has 0 bridgehead atoms. The number of aryl methyl sites for hydroxylation is 1. The monoisotopic (exact) mass is 245 g/mol. The molecule has 2 N–H and O–H groups in total. The number of anilines is 1. The Balaban J connectivity index is 2.05. The van der Waals surface area contributed by atoms with E-state index in [0.717, 1.165) is 30.4 Å². The van der Waals surface area contributed by atoms with E-state index >= 15 is 0 Å². The second-order valence-corrected chi connectivity index (χ2v) is 5.29. The van der Waals surface area contributed by atoms with Crippen molar-refractivity contribution in [3.8, 4) is 0 Å². The zero-order valence-electron chi connectivity index (χ0n) is 10.9. The van der Waals surface area contributed by atoms with Gasteiger partial charge in [0.1, 0.15) is 0 Å². The van der Waals surface area contributed by atoms with Crippen LogP contribution in [0.15, 0.2) is 18.2 Å². The van der Waals surface area contributed by atoms with Crippen LogP contribution < -0.4 is 5.73 Å². The van der Waals surface area contributed by atoms with E-state index in [-0.39, 0.29) is 5.60 Å². The van der Waals surface area contributed by atoms with E-state index in [1.165, 1.54) is 12.0 Å². The SMILES string of the molecule is COC1(Cn2c(N)nc3ccc(C)cc32)CCC1. The van der Waals surface area contributed by atoms with Crippen LogP contribution in [-0.2, 0) is 11.3 Å². The topological polar surface area (TPSA) is 53.1 Å². The lowest BCUT2D eigenvalue weighted by Crippen LogP contribution is -2.43. The number of aromatic nitrogens is 2. The zero-order valence-corrected chi connectivity index (χ0v) is 10.9. The molecule has 0 aliphatic heterocycles. The summed E-state index contributed by atoms with van der Waals surface area (Å²) in [6, 6.07) is 6.23. The Morgan fingerprint density at radius 1 is 1.44 bits per heavy atom. The molecule has 18 heavy (non-hydrogen) atoms. The maximum atomic E-state index is 6.04. The highest BCUT2D eigenvalue weighted by Crippen LogP contribution is 2.37. The summed E-state index contributed by atoms with van der Waals surface area (Å²) in [7, 11) is 1.79. The fourth-order valence-corrected chi connectivity index (χ4v) is 2.70. The third-order valence-corrected chi connectivity index (χ3v) is 4.08. The Hall–Kier alpha value is -1.55. The molecule has 1 aliphatic rings. The molecule has 2 aromatic rings. The standard InChI is InChI=1S/C14H19N3O/c1-10-4-5-11-12(8-10)17(13(15)16-11)9-14(18-2)6-3-7-14/h4-5,8H,3,6-7,9H2,1-2H3,(H2,15,16).